The number of halogens is 1. The molecule has 4 heterocycles. The number of rotatable bonds is 6. The van der Waals surface area contributed by atoms with Crippen molar-refractivity contribution in [2.45, 2.75) is 25.3 Å². The molecule has 2 N–H and O–H groups in total. The molecule has 1 aliphatic heterocycles. The van der Waals surface area contributed by atoms with Gasteiger partial charge in [0.25, 0.3) is 0 Å². The second kappa shape index (κ2) is 11.0. The SMILES string of the molecule is N#Cc1nc(-c2ccc(CN3CCC(c4nc5ccc(F)cc5[nH]4)CC3)cc2)c(-c2ccccc2)cc1-c1ncc[nH]1. The minimum atomic E-state index is -0.248. The van der Waals surface area contributed by atoms with Gasteiger partial charge < -0.3 is 9.97 Å². The molecule has 42 heavy (non-hydrogen) atoms. The van der Waals surface area contributed by atoms with Crippen molar-refractivity contribution in [3.63, 3.8) is 0 Å². The Morgan fingerprint density at radius 3 is 2.45 bits per heavy atom. The van der Waals surface area contributed by atoms with Crippen molar-refractivity contribution in [3.8, 4) is 39.8 Å². The van der Waals surface area contributed by atoms with E-state index in [4.69, 9.17) is 9.97 Å². The van der Waals surface area contributed by atoms with Gasteiger partial charge in [0, 0.05) is 36.0 Å². The van der Waals surface area contributed by atoms with Crippen LogP contribution in [0.15, 0.2) is 91.3 Å². The van der Waals surface area contributed by atoms with E-state index in [0.717, 1.165) is 71.7 Å². The number of hydrogen-bond acceptors (Lipinski definition) is 5. The molecule has 3 aromatic heterocycles. The third-order valence-corrected chi connectivity index (χ3v) is 8.04. The zero-order valence-electron chi connectivity index (χ0n) is 22.9. The molecule has 7 rings (SSSR count). The molecule has 1 aliphatic rings. The highest BCUT2D eigenvalue weighted by Crippen LogP contribution is 2.35. The third-order valence-electron chi connectivity index (χ3n) is 8.04. The van der Waals surface area contributed by atoms with E-state index in [0.29, 0.717) is 23.0 Å². The van der Waals surface area contributed by atoms with Gasteiger partial charge in [0.05, 0.1) is 22.3 Å². The van der Waals surface area contributed by atoms with Crippen molar-refractivity contribution in [1.29, 1.82) is 5.26 Å². The van der Waals surface area contributed by atoms with Crippen LogP contribution >= 0.6 is 0 Å². The lowest BCUT2D eigenvalue weighted by molar-refractivity contribution is 0.202. The lowest BCUT2D eigenvalue weighted by Crippen LogP contribution is -2.32. The standard InChI is InChI=1S/C34H28FN7/c35-26-10-11-29-30(18-26)41-33(40-29)25-12-16-42(17-13-25)21-22-6-8-24(9-7-22)32-27(23-4-2-1-3-5-23)19-28(31(20-36)39-32)34-37-14-15-38-34/h1-11,14-15,18-19,25H,12-13,16-17,21H2,(H,37,38)(H,40,41). The number of fused-ring (bicyclic) bond motifs is 1. The largest absolute Gasteiger partial charge is 0.345 e. The van der Waals surface area contributed by atoms with Crippen LogP contribution in [-0.2, 0) is 6.54 Å². The summed E-state index contributed by atoms with van der Waals surface area (Å²) in [6, 6.07) is 27.6. The maximum atomic E-state index is 13.6. The molecule has 206 valence electrons. The molecule has 8 heteroatoms. The third kappa shape index (κ3) is 5.06. The van der Waals surface area contributed by atoms with Crippen molar-refractivity contribution in [2.24, 2.45) is 0 Å². The summed E-state index contributed by atoms with van der Waals surface area (Å²) < 4.78 is 13.6. The Morgan fingerprint density at radius 1 is 0.905 bits per heavy atom. The molecule has 0 atom stereocenters. The number of H-pyrrole nitrogens is 2. The van der Waals surface area contributed by atoms with E-state index in [1.165, 1.54) is 17.7 Å². The van der Waals surface area contributed by atoms with Crippen molar-refractivity contribution in [1.82, 2.24) is 29.8 Å². The molecule has 0 amide bonds. The summed E-state index contributed by atoms with van der Waals surface area (Å²) in [4.78, 5) is 22.8. The Labute approximate surface area is 242 Å². The highest BCUT2D eigenvalue weighted by molar-refractivity contribution is 5.85. The number of nitrogens with one attached hydrogen (secondary N) is 2. The number of aromatic nitrogens is 5. The quantitative estimate of drug-likeness (QED) is 0.230. The van der Waals surface area contributed by atoms with E-state index in [1.54, 1.807) is 18.5 Å². The fourth-order valence-corrected chi connectivity index (χ4v) is 5.84. The molecule has 7 nitrogen and oxygen atoms in total. The van der Waals surface area contributed by atoms with Crippen molar-refractivity contribution in [3.05, 3.63) is 114 Å². The van der Waals surface area contributed by atoms with E-state index in [2.05, 4.69) is 62.3 Å². The second-order valence-electron chi connectivity index (χ2n) is 10.7. The zero-order valence-corrected chi connectivity index (χ0v) is 22.9. The first-order chi connectivity index (χ1) is 20.6. The van der Waals surface area contributed by atoms with Crippen LogP contribution in [0, 0.1) is 17.1 Å². The monoisotopic (exact) mass is 553 g/mol. The molecule has 6 aromatic rings. The minimum absolute atomic E-state index is 0.248. The van der Waals surface area contributed by atoms with E-state index in [9.17, 15) is 9.65 Å². The molecule has 1 fully saturated rings. The summed E-state index contributed by atoms with van der Waals surface area (Å²) >= 11 is 0. The Hall–Kier alpha value is -5.13. The van der Waals surface area contributed by atoms with E-state index >= 15 is 0 Å². The maximum absolute atomic E-state index is 13.6. The summed E-state index contributed by atoms with van der Waals surface area (Å²) in [6.07, 6.45) is 5.43. The van der Waals surface area contributed by atoms with Gasteiger partial charge in [-0.15, -0.1) is 0 Å². The molecular formula is C34H28FN7. The van der Waals surface area contributed by atoms with E-state index in [-0.39, 0.29) is 5.82 Å². The number of piperidine rings is 1. The number of nitrogens with zero attached hydrogens (tertiary/aromatic N) is 5. The molecule has 0 bridgehead atoms. The Morgan fingerprint density at radius 2 is 1.71 bits per heavy atom. The average molecular weight is 554 g/mol. The van der Waals surface area contributed by atoms with E-state index < -0.39 is 0 Å². The maximum Gasteiger partial charge on any atom is 0.152 e. The van der Waals surface area contributed by atoms with Crippen molar-refractivity contribution >= 4 is 11.0 Å². The number of nitriles is 1. The Kier molecular flexibility index (Phi) is 6.78. The number of hydrogen-bond donors (Lipinski definition) is 2. The fraction of sp³-hybridized carbons (Fsp3) is 0.176. The molecule has 3 aromatic carbocycles. The lowest BCUT2D eigenvalue weighted by atomic mass is 9.95. The molecule has 0 saturated carbocycles. The van der Waals surface area contributed by atoms with Gasteiger partial charge in [-0.1, -0.05) is 54.6 Å². The van der Waals surface area contributed by atoms with Crippen LogP contribution in [0.25, 0.3) is 44.8 Å². The molecule has 0 aliphatic carbocycles. The second-order valence-corrected chi connectivity index (χ2v) is 10.7. The minimum Gasteiger partial charge on any atom is -0.345 e. The van der Waals surface area contributed by atoms with Gasteiger partial charge in [-0.05, 0) is 61.3 Å². The van der Waals surface area contributed by atoms with Gasteiger partial charge in [-0.2, -0.15) is 5.26 Å². The predicted octanol–water partition coefficient (Wildman–Crippen LogP) is 7.07. The Bertz CT molecular complexity index is 1880. The fourth-order valence-electron chi connectivity index (χ4n) is 5.84. The van der Waals surface area contributed by atoms with Crippen molar-refractivity contribution in [2.75, 3.05) is 13.1 Å². The van der Waals surface area contributed by atoms with Crippen LogP contribution in [0.1, 0.15) is 35.8 Å². The number of likely N-dealkylation sites (tertiary alicyclic amines) is 1. The van der Waals surface area contributed by atoms with Crippen LogP contribution in [0.5, 0.6) is 0 Å². The van der Waals surface area contributed by atoms with Crippen LogP contribution < -0.4 is 0 Å². The number of imidazole rings is 2. The van der Waals surface area contributed by atoms with Gasteiger partial charge in [0.2, 0.25) is 0 Å². The summed E-state index contributed by atoms with van der Waals surface area (Å²) in [7, 11) is 0. The summed E-state index contributed by atoms with van der Waals surface area (Å²) in [5.41, 5.74) is 7.52. The molecule has 0 spiro atoms. The van der Waals surface area contributed by atoms with Gasteiger partial charge in [0.1, 0.15) is 23.5 Å². The van der Waals surface area contributed by atoms with Gasteiger partial charge in [-0.3, -0.25) is 4.90 Å². The smallest absolute Gasteiger partial charge is 0.152 e. The van der Waals surface area contributed by atoms with Gasteiger partial charge in [0.15, 0.2) is 5.69 Å². The Balaban J connectivity index is 1.10. The molecule has 0 radical (unpaired) electrons. The number of pyridine rings is 1. The predicted molar refractivity (Wildman–Crippen MR) is 161 cm³/mol. The van der Waals surface area contributed by atoms with Crippen LogP contribution in [0.4, 0.5) is 4.39 Å². The van der Waals surface area contributed by atoms with Crippen molar-refractivity contribution < 1.29 is 4.39 Å². The van der Waals surface area contributed by atoms with Crippen LogP contribution in [0.2, 0.25) is 0 Å². The summed E-state index contributed by atoms with van der Waals surface area (Å²) in [5, 5.41) is 9.94. The van der Waals surface area contributed by atoms with Crippen LogP contribution in [-0.4, -0.2) is 42.9 Å². The summed E-state index contributed by atoms with van der Waals surface area (Å²) in [6.45, 7) is 2.80. The first-order valence-electron chi connectivity index (χ1n) is 14.1. The van der Waals surface area contributed by atoms with E-state index in [1.807, 2.05) is 24.3 Å². The highest BCUT2D eigenvalue weighted by Gasteiger charge is 2.23. The van der Waals surface area contributed by atoms with Gasteiger partial charge in [-0.25, -0.2) is 19.3 Å². The van der Waals surface area contributed by atoms with Gasteiger partial charge >= 0.3 is 0 Å². The molecular weight excluding hydrogens is 525 g/mol. The first kappa shape index (κ1) is 25.8. The average Bonchev–Trinajstić information content (AvgIpc) is 3.72. The molecule has 1 saturated heterocycles. The first-order valence-corrected chi connectivity index (χ1v) is 14.1. The van der Waals surface area contributed by atoms with Crippen LogP contribution in [0.3, 0.4) is 0 Å². The zero-order chi connectivity index (χ0) is 28.5. The number of aromatic amines is 2. The lowest BCUT2D eigenvalue weighted by Gasteiger charge is -2.31. The topological polar surface area (TPSA) is 97.3 Å². The normalized spacial score (nSPS) is 14.3. The highest BCUT2D eigenvalue weighted by atomic mass is 19.1. The summed E-state index contributed by atoms with van der Waals surface area (Å²) in [5.74, 6) is 1.68. The number of benzene rings is 3. The molecule has 0 unspecified atom stereocenters.